The fourth-order valence-corrected chi connectivity index (χ4v) is 3.44. The normalized spacial score (nSPS) is 12.2. The summed E-state index contributed by atoms with van der Waals surface area (Å²) in [6.45, 7) is 1.74. The first-order valence-corrected chi connectivity index (χ1v) is 9.07. The molecule has 1 unspecified atom stereocenters. The van der Waals surface area contributed by atoms with E-state index >= 15 is 0 Å². The standard InChI is InChI=1S/C17H16F2N4OS2/c1-10(11-5-6-12(18)13(19)8-11)22(2)15(24)9-23-16(20-21-17(23)25)14-4-3-7-26-14/h3-8,10H,9H2,1-2H3,(H,21,25). The molecule has 0 saturated carbocycles. The van der Waals surface area contributed by atoms with Crippen LogP contribution in [0.1, 0.15) is 18.5 Å². The van der Waals surface area contributed by atoms with Crippen molar-refractivity contribution in [3.05, 3.63) is 57.7 Å². The van der Waals surface area contributed by atoms with Crippen molar-refractivity contribution in [3.8, 4) is 10.7 Å². The Kier molecular flexibility index (Phi) is 5.28. The van der Waals surface area contributed by atoms with Crippen LogP contribution in [0, 0.1) is 16.4 Å². The second kappa shape index (κ2) is 7.46. The number of rotatable bonds is 5. The molecule has 0 bridgehead atoms. The van der Waals surface area contributed by atoms with Gasteiger partial charge in [0.1, 0.15) is 6.54 Å². The SMILES string of the molecule is CC(c1ccc(F)c(F)c1)N(C)C(=O)Cn1c(-c2cccs2)n[nH]c1=S. The molecule has 9 heteroatoms. The quantitative estimate of drug-likeness (QED) is 0.661. The Labute approximate surface area is 157 Å². The number of hydrogen-bond donors (Lipinski definition) is 1. The predicted molar refractivity (Wildman–Crippen MR) is 98.3 cm³/mol. The molecule has 0 fully saturated rings. The summed E-state index contributed by atoms with van der Waals surface area (Å²) in [5, 5.41) is 8.81. The molecule has 3 rings (SSSR count). The summed E-state index contributed by atoms with van der Waals surface area (Å²) in [5.41, 5.74) is 0.508. The average Bonchev–Trinajstić information content (AvgIpc) is 3.26. The molecule has 26 heavy (non-hydrogen) atoms. The Bertz CT molecular complexity index is 981. The van der Waals surface area contributed by atoms with E-state index in [-0.39, 0.29) is 12.5 Å². The maximum atomic E-state index is 13.5. The fourth-order valence-electron chi connectivity index (χ4n) is 2.52. The first kappa shape index (κ1) is 18.4. The van der Waals surface area contributed by atoms with Crippen molar-refractivity contribution in [2.75, 3.05) is 7.05 Å². The van der Waals surface area contributed by atoms with Crippen LogP contribution < -0.4 is 0 Å². The van der Waals surface area contributed by atoms with E-state index in [0.29, 0.717) is 16.2 Å². The summed E-state index contributed by atoms with van der Waals surface area (Å²) in [6, 6.07) is 6.98. The average molecular weight is 394 g/mol. The van der Waals surface area contributed by atoms with Crippen LogP contribution in [-0.4, -0.2) is 32.6 Å². The van der Waals surface area contributed by atoms with Gasteiger partial charge in [0.2, 0.25) is 5.91 Å². The highest BCUT2D eigenvalue weighted by atomic mass is 32.1. The summed E-state index contributed by atoms with van der Waals surface area (Å²) >= 11 is 6.72. The van der Waals surface area contributed by atoms with Crippen LogP contribution in [0.15, 0.2) is 35.7 Å². The molecule has 5 nitrogen and oxygen atoms in total. The molecule has 0 aliphatic rings. The lowest BCUT2D eigenvalue weighted by molar-refractivity contribution is -0.132. The number of carbonyl (C=O) groups excluding carboxylic acids is 1. The van der Waals surface area contributed by atoms with Crippen molar-refractivity contribution < 1.29 is 13.6 Å². The van der Waals surface area contributed by atoms with E-state index in [2.05, 4.69) is 10.2 Å². The minimum Gasteiger partial charge on any atom is -0.337 e. The van der Waals surface area contributed by atoms with Gasteiger partial charge in [0.05, 0.1) is 10.9 Å². The molecule has 1 N–H and O–H groups in total. The summed E-state index contributed by atoms with van der Waals surface area (Å²) < 4.78 is 28.5. The maximum absolute atomic E-state index is 13.5. The molecule has 1 aromatic carbocycles. The highest BCUT2D eigenvalue weighted by Gasteiger charge is 2.21. The van der Waals surface area contributed by atoms with Crippen LogP contribution in [-0.2, 0) is 11.3 Å². The Hall–Kier alpha value is -2.39. The summed E-state index contributed by atoms with van der Waals surface area (Å²) in [5.74, 6) is -1.49. The van der Waals surface area contributed by atoms with Gasteiger partial charge < -0.3 is 4.90 Å². The molecule has 0 saturated heterocycles. The third-order valence-electron chi connectivity index (χ3n) is 4.19. The number of aromatic nitrogens is 3. The van der Waals surface area contributed by atoms with Gasteiger partial charge >= 0.3 is 0 Å². The van der Waals surface area contributed by atoms with Crippen LogP contribution in [0.3, 0.4) is 0 Å². The summed E-state index contributed by atoms with van der Waals surface area (Å²) in [7, 11) is 1.61. The summed E-state index contributed by atoms with van der Waals surface area (Å²) in [6.07, 6.45) is 0. The van der Waals surface area contributed by atoms with Gasteiger partial charge in [-0.15, -0.1) is 11.3 Å². The number of aromatic amines is 1. The number of benzene rings is 1. The van der Waals surface area contributed by atoms with Crippen molar-refractivity contribution in [1.29, 1.82) is 0 Å². The number of likely N-dealkylation sites (N-methyl/N-ethyl adjacent to an activating group) is 1. The molecular weight excluding hydrogens is 378 g/mol. The van der Waals surface area contributed by atoms with Gasteiger partial charge in [-0.2, -0.15) is 5.10 Å². The lowest BCUT2D eigenvalue weighted by atomic mass is 10.1. The zero-order valence-corrected chi connectivity index (χ0v) is 15.7. The number of nitrogens with one attached hydrogen (secondary N) is 1. The van der Waals surface area contributed by atoms with E-state index in [0.717, 1.165) is 17.0 Å². The number of thiophene rings is 1. The molecule has 0 radical (unpaired) electrons. The van der Waals surface area contributed by atoms with E-state index in [4.69, 9.17) is 12.2 Å². The van der Waals surface area contributed by atoms with E-state index in [9.17, 15) is 13.6 Å². The number of carbonyl (C=O) groups is 1. The minimum atomic E-state index is -0.938. The molecule has 1 atom stereocenters. The van der Waals surface area contributed by atoms with Crippen LogP contribution >= 0.6 is 23.6 Å². The molecule has 136 valence electrons. The zero-order chi connectivity index (χ0) is 18.8. The summed E-state index contributed by atoms with van der Waals surface area (Å²) in [4.78, 5) is 15.1. The lowest BCUT2D eigenvalue weighted by Crippen LogP contribution is -2.32. The highest BCUT2D eigenvalue weighted by molar-refractivity contribution is 7.71. The van der Waals surface area contributed by atoms with E-state index in [1.54, 1.807) is 18.5 Å². The molecular formula is C17H16F2N4OS2. The number of halogens is 2. The van der Waals surface area contributed by atoms with Gasteiger partial charge in [-0.05, 0) is 48.3 Å². The topological polar surface area (TPSA) is 53.9 Å². The van der Waals surface area contributed by atoms with Crippen LogP contribution in [0.25, 0.3) is 10.7 Å². The van der Waals surface area contributed by atoms with Crippen molar-refractivity contribution in [2.45, 2.75) is 19.5 Å². The van der Waals surface area contributed by atoms with Gasteiger partial charge in [-0.3, -0.25) is 14.5 Å². The Morgan fingerprint density at radius 1 is 1.38 bits per heavy atom. The second-order valence-electron chi connectivity index (χ2n) is 5.77. The molecule has 2 heterocycles. The van der Waals surface area contributed by atoms with Gasteiger partial charge in [0, 0.05) is 7.05 Å². The second-order valence-corrected chi connectivity index (χ2v) is 7.10. The minimum absolute atomic E-state index is 0.00686. The van der Waals surface area contributed by atoms with Gasteiger partial charge in [0.25, 0.3) is 0 Å². The lowest BCUT2D eigenvalue weighted by Gasteiger charge is -2.25. The molecule has 1 amide bonds. The zero-order valence-electron chi connectivity index (χ0n) is 14.1. The number of amides is 1. The number of hydrogen-bond acceptors (Lipinski definition) is 4. The third kappa shape index (κ3) is 3.58. The van der Waals surface area contributed by atoms with Crippen LogP contribution in [0.2, 0.25) is 0 Å². The molecule has 0 spiro atoms. The molecule has 0 aliphatic carbocycles. The monoisotopic (exact) mass is 394 g/mol. The smallest absolute Gasteiger partial charge is 0.242 e. The predicted octanol–water partition coefficient (Wildman–Crippen LogP) is 4.17. The van der Waals surface area contributed by atoms with Crippen molar-refractivity contribution in [2.24, 2.45) is 0 Å². The van der Waals surface area contributed by atoms with E-state index in [1.165, 1.54) is 22.3 Å². The van der Waals surface area contributed by atoms with Crippen LogP contribution in [0.5, 0.6) is 0 Å². The maximum Gasteiger partial charge on any atom is 0.242 e. The highest BCUT2D eigenvalue weighted by Crippen LogP contribution is 2.24. The molecule has 0 aliphatic heterocycles. The molecule has 3 aromatic rings. The third-order valence-corrected chi connectivity index (χ3v) is 5.37. The van der Waals surface area contributed by atoms with E-state index < -0.39 is 17.7 Å². The van der Waals surface area contributed by atoms with Crippen molar-refractivity contribution in [1.82, 2.24) is 19.7 Å². The van der Waals surface area contributed by atoms with Gasteiger partial charge in [-0.1, -0.05) is 12.1 Å². The first-order valence-electron chi connectivity index (χ1n) is 7.78. The number of H-pyrrole nitrogens is 1. The van der Waals surface area contributed by atoms with Crippen molar-refractivity contribution in [3.63, 3.8) is 0 Å². The van der Waals surface area contributed by atoms with Gasteiger partial charge in [-0.25, -0.2) is 8.78 Å². The van der Waals surface area contributed by atoms with E-state index in [1.807, 2.05) is 17.5 Å². The van der Waals surface area contributed by atoms with Crippen LogP contribution in [0.4, 0.5) is 8.78 Å². The Morgan fingerprint density at radius 3 is 2.81 bits per heavy atom. The first-order chi connectivity index (χ1) is 12.4. The Balaban J connectivity index is 1.81. The number of nitrogens with zero attached hydrogens (tertiary/aromatic N) is 3. The molecule has 2 aromatic heterocycles. The fraction of sp³-hybridized carbons (Fsp3) is 0.235. The Morgan fingerprint density at radius 2 is 2.15 bits per heavy atom. The largest absolute Gasteiger partial charge is 0.337 e. The van der Waals surface area contributed by atoms with Gasteiger partial charge in [0.15, 0.2) is 22.2 Å². The van der Waals surface area contributed by atoms with Crippen molar-refractivity contribution >= 4 is 29.5 Å².